The Hall–Kier alpha value is -0.600. The van der Waals surface area contributed by atoms with E-state index < -0.39 is 0 Å². The lowest BCUT2D eigenvalue weighted by molar-refractivity contribution is 0.327. The van der Waals surface area contributed by atoms with Gasteiger partial charge in [0.15, 0.2) is 0 Å². The van der Waals surface area contributed by atoms with E-state index in [9.17, 15) is 0 Å². The van der Waals surface area contributed by atoms with Crippen molar-refractivity contribution in [2.75, 3.05) is 13.1 Å². The molecule has 2 heterocycles. The molecule has 1 aromatic heterocycles. The van der Waals surface area contributed by atoms with Crippen molar-refractivity contribution in [3.05, 3.63) is 29.0 Å². The van der Waals surface area contributed by atoms with Gasteiger partial charge in [0, 0.05) is 12.7 Å². The van der Waals surface area contributed by atoms with E-state index in [0.29, 0.717) is 5.02 Å². The summed E-state index contributed by atoms with van der Waals surface area (Å²) < 4.78 is 0. The topological polar surface area (TPSA) is 16.1 Å². The first kappa shape index (κ1) is 8.97. The molecule has 0 radical (unpaired) electrons. The summed E-state index contributed by atoms with van der Waals surface area (Å²) in [5.41, 5.74) is 1.12. The molecule has 0 saturated carbocycles. The van der Waals surface area contributed by atoms with Gasteiger partial charge in [0.2, 0.25) is 0 Å². The van der Waals surface area contributed by atoms with Crippen LogP contribution in [0.5, 0.6) is 0 Å². The van der Waals surface area contributed by atoms with E-state index in [0.717, 1.165) is 12.2 Å². The Labute approximate surface area is 83.5 Å². The molecular weight excluding hydrogens is 184 g/mol. The molecule has 1 fully saturated rings. The van der Waals surface area contributed by atoms with Crippen molar-refractivity contribution >= 4 is 11.6 Å². The van der Waals surface area contributed by atoms with Crippen molar-refractivity contribution in [1.29, 1.82) is 0 Å². The second-order valence-corrected chi connectivity index (χ2v) is 3.89. The van der Waals surface area contributed by atoms with Gasteiger partial charge in [-0.1, -0.05) is 11.6 Å². The van der Waals surface area contributed by atoms with Crippen LogP contribution in [-0.4, -0.2) is 23.0 Å². The van der Waals surface area contributed by atoms with E-state index in [-0.39, 0.29) is 0 Å². The van der Waals surface area contributed by atoms with Crippen LogP contribution in [0.15, 0.2) is 18.3 Å². The van der Waals surface area contributed by atoms with Gasteiger partial charge >= 0.3 is 0 Å². The summed E-state index contributed by atoms with van der Waals surface area (Å²) in [7, 11) is 0. The Morgan fingerprint density at radius 3 is 2.69 bits per heavy atom. The largest absolute Gasteiger partial charge is 0.298 e. The summed E-state index contributed by atoms with van der Waals surface area (Å²) in [5, 5.41) is 0.713. The van der Waals surface area contributed by atoms with Gasteiger partial charge in [0.1, 0.15) is 0 Å². The molecule has 0 atom stereocenters. The normalized spacial score (nSPS) is 17.9. The van der Waals surface area contributed by atoms with Crippen LogP contribution in [0.2, 0.25) is 5.02 Å². The Morgan fingerprint density at radius 1 is 1.31 bits per heavy atom. The zero-order valence-corrected chi connectivity index (χ0v) is 8.30. The molecule has 1 aromatic rings. The summed E-state index contributed by atoms with van der Waals surface area (Å²) >= 11 is 5.75. The maximum atomic E-state index is 5.75. The molecule has 70 valence electrons. The minimum atomic E-state index is 0.713. The number of rotatable bonds is 2. The van der Waals surface area contributed by atoms with Crippen LogP contribution in [0.4, 0.5) is 0 Å². The molecule has 3 heteroatoms. The monoisotopic (exact) mass is 196 g/mol. The van der Waals surface area contributed by atoms with Crippen molar-refractivity contribution < 1.29 is 0 Å². The molecule has 0 unspecified atom stereocenters. The average Bonchev–Trinajstić information content (AvgIpc) is 2.62. The summed E-state index contributed by atoms with van der Waals surface area (Å²) in [6, 6.07) is 3.90. The molecule has 2 nitrogen and oxygen atoms in total. The highest BCUT2D eigenvalue weighted by Gasteiger charge is 2.11. The molecule has 0 spiro atoms. The van der Waals surface area contributed by atoms with E-state index in [1.54, 1.807) is 6.20 Å². The number of likely N-dealkylation sites (tertiary alicyclic amines) is 1. The fourth-order valence-corrected chi connectivity index (χ4v) is 1.78. The third kappa shape index (κ3) is 2.42. The van der Waals surface area contributed by atoms with Gasteiger partial charge in [-0.25, -0.2) is 0 Å². The van der Waals surface area contributed by atoms with Gasteiger partial charge in [-0.05, 0) is 38.1 Å². The molecule has 0 bridgehead atoms. The third-order valence-electron chi connectivity index (χ3n) is 2.37. The molecule has 0 aliphatic carbocycles. The SMILES string of the molecule is Clc1ccc(CN2CCCC2)nc1. The van der Waals surface area contributed by atoms with Gasteiger partial charge in [0.25, 0.3) is 0 Å². The first-order valence-corrected chi connectivity index (χ1v) is 5.05. The number of pyridine rings is 1. The predicted molar refractivity (Wildman–Crippen MR) is 53.8 cm³/mol. The molecule has 13 heavy (non-hydrogen) atoms. The highest BCUT2D eigenvalue weighted by molar-refractivity contribution is 6.30. The maximum Gasteiger partial charge on any atom is 0.0589 e. The van der Waals surface area contributed by atoms with Crippen molar-refractivity contribution in [2.24, 2.45) is 0 Å². The van der Waals surface area contributed by atoms with E-state index >= 15 is 0 Å². The summed E-state index contributed by atoms with van der Waals surface area (Å²) in [6.07, 6.45) is 4.37. The average molecular weight is 197 g/mol. The Bertz CT molecular complexity index is 265. The van der Waals surface area contributed by atoms with Gasteiger partial charge in [0.05, 0.1) is 10.7 Å². The summed E-state index contributed by atoms with van der Waals surface area (Å²) in [6.45, 7) is 3.39. The number of hydrogen-bond acceptors (Lipinski definition) is 2. The second-order valence-electron chi connectivity index (χ2n) is 3.45. The molecule has 2 rings (SSSR count). The zero-order chi connectivity index (χ0) is 9.10. The van der Waals surface area contributed by atoms with Crippen molar-refractivity contribution in [3.8, 4) is 0 Å². The van der Waals surface area contributed by atoms with Crippen LogP contribution in [0, 0.1) is 0 Å². The van der Waals surface area contributed by atoms with Gasteiger partial charge in [-0.3, -0.25) is 9.88 Å². The van der Waals surface area contributed by atoms with Crippen LogP contribution >= 0.6 is 11.6 Å². The lowest BCUT2D eigenvalue weighted by atomic mass is 10.3. The smallest absolute Gasteiger partial charge is 0.0589 e. The summed E-state index contributed by atoms with van der Waals surface area (Å²) in [5.74, 6) is 0. The first-order valence-electron chi connectivity index (χ1n) is 4.67. The van der Waals surface area contributed by atoms with Crippen molar-refractivity contribution in [1.82, 2.24) is 9.88 Å². The third-order valence-corrected chi connectivity index (χ3v) is 2.60. The van der Waals surface area contributed by atoms with Gasteiger partial charge in [-0.2, -0.15) is 0 Å². The van der Waals surface area contributed by atoms with E-state index in [4.69, 9.17) is 11.6 Å². The Kier molecular flexibility index (Phi) is 2.81. The molecule has 0 amide bonds. The van der Waals surface area contributed by atoms with E-state index in [2.05, 4.69) is 9.88 Å². The van der Waals surface area contributed by atoms with Gasteiger partial charge < -0.3 is 0 Å². The zero-order valence-electron chi connectivity index (χ0n) is 7.54. The minimum absolute atomic E-state index is 0.713. The molecule has 0 N–H and O–H groups in total. The van der Waals surface area contributed by atoms with E-state index in [1.807, 2.05) is 12.1 Å². The van der Waals surface area contributed by atoms with E-state index in [1.165, 1.54) is 25.9 Å². The first-order chi connectivity index (χ1) is 6.34. The fraction of sp³-hybridized carbons (Fsp3) is 0.500. The lowest BCUT2D eigenvalue weighted by Gasteiger charge is -2.13. The highest BCUT2D eigenvalue weighted by atomic mass is 35.5. The number of nitrogens with zero attached hydrogens (tertiary/aromatic N) is 2. The number of hydrogen-bond donors (Lipinski definition) is 0. The van der Waals surface area contributed by atoms with Crippen molar-refractivity contribution in [3.63, 3.8) is 0 Å². The van der Waals surface area contributed by atoms with Crippen LogP contribution in [0.1, 0.15) is 18.5 Å². The van der Waals surface area contributed by atoms with Crippen LogP contribution in [0.3, 0.4) is 0 Å². The predicted octanol–water partition coefficient (Wildman–Crippen LogP) is 2.33. The van der Waals surface area contributed by atoms with Crippen LogP contribution in [0.25, 0.3) is 0 Å². The second kappa shape index (κ2) is 4.07. The number of halogens is 1. The molecule has 0 aromatic carbocycles. The molecule has 1 saturated heterocycles. The molecular formula is C10H13ClN2. The standard InChI is InChI=1S/C10H13ClN2/c11-9-3-4-10(12-7-9)8-13-5-1-2-6-13/h3-4,7H,1-2,5-6,8H2. The molecule has 1 aliphatic heterocycles. The Morgan fingerprint density at radius 2 is 2.08 bits per heavy atom. The fourth-order valence-electron chi connectivity index (χ4n) is 1.67. The Balaban J connectivity index is 1.97. The number of aromatic nitrogens is 1. The van der Waals surface area contributed by atoms with Crippen LogP contribution in [-0.2, 0) is 6.54 Å². The minimum Gasteiger partial charge on any atom is -0.298 e. The quantitative estimate of drug-likeness (QED) is 0.722. The lowest BCUT2D eigenvalue weighted by Crippen LogP contribution is -2.18. The van der Waals surface area contributed by atoms with Crippen molar-refractivity contribution in [2.45, 2.75) is 19.4 Å². The van der Waals surface area contributed by atoms with Gasteiger partial charge in [-0.15, -0.1) is 0 Å². The highest BCUT2D eigenvalue weighted by Crippen LogP contribution is 2.12. The summed E-state index contributed by atoms with van der Waals surface area (Å²) in [4.78, 5) is 6.69. The molecule has 1 aliphatic rings. The maximum absolute atomic E-state index is 5.75. The van der Waals surface area contributed by atoms with Crippen LogP contribution < -0.4 is 0 Å².